The predicted octanol–water partition coefficient (Wildman–Crippen LogP) is 3.00. The molecule has 0 aliphatic carbocycles. The Hall–Kier alpha value is -3.41. The van der Waals surface area contributed by atoms with Gasteiger partial charge in [0, 0.05) is 11.4 Å². The fourth-order valence-electron chi connectivity index (χ4n) is 2.86. The van der Waals surface area contributed by atoms with Crippen LogP contribution < -0.4 is 10.6 Å². The number of carbonyl (C=O) groups excluding carboxylic acids is 2. The van der Waals surface area contributed by atoms with Crippen LogP contribution in [0.25, 0.3) is 0 Å². The molecule has 138 valence electrons. The molecule has 2 amide bonds. The van der Waals surface area contributed by atoms with E-state index < -0.39 is 6.04 Å². The molecule has 0 aliphatic heterocycles. The van der Waals surface area contributed by atoms with Crippen molar-refractivity contribution in [3.63, 3.8) is 0 Å². The lowest BCUT2D eigenvalue weighted by Crippen LogP contribution is -2.38. The third-order valence-corrected chi connectivity index (χ3v) is 4.14. The largest absolute Gasteiger partial charge is 0.339 e. The van der Waals surface area contributed by atoms with Crippen molar-refractivity contribution in [1.29, 1.82) is 0 Å². The molecule has 0 spiro atoms. The zero-order chi connectivity index (χ0) is 19.2. The molecule has 1 atom stereocenters. The van der Waals surface area contributed by atoms with E-state index in [1.165, 1.54) is 0 Å². The van der Waals surface area contributed by atoms with Crippen LogP contribution in [0.2, 0.25) is 0 Å². The fourth-order valence-corrected chi connectivity index (χ4v) is 2.86. The number of hydrogen-bond donors (Lipinski definition) is 2. The second kappa shape index (κ2) is 8.31. The summed E-state index contributed by atoms with van der Waals surface area (Å²) in [4.78, 5) is 25.4. The number of amides is 2. The van der Waals surface area contributed by atoms with Crippen LogP contribution in [0.5, 0.6) is 0 Å². The molecule has 3 rings (SSSR count). The molecule has 2 aromatic carbocycles. The van der Waals surface area contributed by atoms with Crippen molar-refractivity contribution >= 4 is 17.5 Å². The van der Waals surface area contributed by atoms with E-state index in [0.717, 1.165) is 11.4 Å². The van der Waals surface area contributed by atoms with Gasteiger partial charge in [0.05, 0.1) is 5.69 Å². The normalized spacial score (nSPS) is 11.6. The van der Waals surface area contributed by atoms with Gasteiger partial charge in [-0.15, -0.1) is 0 Å². The maximum Gasteiger partial charge on any atom is 0.251 e. The second-order valence-electron chi connectivity index (χ2n) is 6.35. The smallest absolute Gasteiger partial charge is 0.251 e. The van der Waals surface area contributed by atoms with Crippen LogP contribution in [-0.2, 0) is 16.1 Å². The highest BCUT2D eigenvalue weighted by Crippen LogP contribution is 2.16. The van der Waals surface area contributed by atoms with E-state index >= 15 is 0 Å². The maximum atomic E-state index is 12.8. The quantitative estimate of drug-likeness (QED) is 0.708. The van der Waals surface area contributed by atoms with Crippen molar-refractivity contribution in [3.8, 4) is 0 Å². The number of nitrogens with one attached hydrogen (secondary N) is 2. The van der Waals surface area contributed by atoms with Gasteiger partial charge in [-0.3, -0.25) is 14.3 Å². The number of hydrogen-bond acceptors (Lipinski definition) is 3. The molecule has 0 fully saturated rings. The molecule has 27 heavy (non-hydrogen) atoms. The van der Waals surface area contributed by atoms with Crippen LogP contribution in [-0.4, -0.2) is 21.6 Å². The van der Waals surface area contributed by atoms with Gasteiger partial charge in [-0.25, -0.2) is 0 Å². The fraction of sp³-hybridized carbons (Fsp3) is 0.190. The first-order chi connectivity index (χ1) is 13.0. The van der Waals surface area contributed by atoms with Gasteiger partial charge in [0.1, 0.15) is 12.6 Å². The van der Waals surface area contributed by atoms with Crippen molar-refractivity contribution in [2.75, 3.05) is 5.32 Å². The predicted molar refractivity (Wildman–Crippen MR) is 104 cm³/mol. The average molecular weight is 362 g/mol. The highest BCUT2D eigenvalue weighted by Gasteiger charge is 2.23. The van der Waals surface area contributed by atoms with Crippen LogP contribution in [0.1, 0.15) is 23.0 Å². The number of benzene rings is 2. The van der Waals surface area contributed by atoms with E-state index in [-0.39, 0.29) is 18.4 Å². The van der Waals surface area contributed by atoms with Crippen LogP contribution in [0, 0.1) is 13.8 Å². The number of aromatic nitrogens is 2. The molecule has 0 bridgehead atoms. The van der Waals surface area contributed by atoms with Crippen molar-refractivity contribution < 1.29 is 9.59 Å². The van der Waals surface area contributed by atoms with Crippen LogP contribution in [0.15, 0.2) is 66.7 Å². The highest BCUT2D eigenvalue weighted by atomic mass is 16.2. The maximum absolute atomic E-state index is 12.8. The summed E-state index contributed by atoms with van der Waals surface area (Å²) in [5, 5.41) is 9.97. The van der Waals surface area contributed by atoms with E-state index in [0.29, 0.717) is 11.3 Å². The number of rotatable bonds is 6. The summed E-state index contributed by atoms with van der Waals surface area (Å²) in [5.41, 5.74) is 3.14. The Kier molecular flexibility index (Phi) is 5.66. The molecule has 3 aromatic rings. The molecule has 2 N–H and O–H groups in total. The summed E-state index contributed by atoms with van der Waals surface area (Å²) in [6.07, 6.45) is 0. The molecule has 0 aliphatic rings. The third-order valence-electron chi connectivity index (χ3n) is 4.14. The van der Waals surface area contributed by atoms with E-state index in [2.05, 4.69) is 15.7 Å². The zero-order valence-electron chi connectivity index (χ0n) is 15.3. The van der Waals surface area contributed by atoms with Gasteiger partial charge in [0.2, 0.25) is 5.91 Å². The Morgan fingerprint density at radius 1 is 1.00 bits per heavy atom. The molecule has 1 aromatic heterocycles. The number of para-hydroxylation sites is 1. The second-order valence-corrected chi connectivity index (χ2v) is 6.35. The minimum Gasteiger partial charge on any atom is -0.339 e. The number of aryl methyl sites for hydroxylation is 2. The highest BCUT2D eigenvalue weighted by molar-refractivity contribution is 5.97. The van der Waals surface area contributed by atoms with Gasteiger partial charge in [-0.05, 0) is 37.6 Å². The summed E-state index contributed by atoms with van der Waals surface area (Å²) >= 11 is 0. The monoisotopic (exact) mass is 362 g/mol. The standard InChI is InChI=1S/C21H22N4O2/c1-15-13-16(2)25(24-15)14-19(26)23-20(17-9-5-3-6-10-17)21(27)22-18-11-7-4-8-12-18/h3-13,20H,14H2,1-2H3,(H,22,27)(H,23,26). The summed E-state index contributed by atoms with van der Waals surface area (Å²) < 4.78 is 1.63. The summed E-state index contributed by atoms with van der Waals surface area (Å²) in [6.45, 7) is 3.83. The zero-order valence-corrected chi connectivity index (χ0v) is 15.3. The van der Waals surface area contributed by atoms with Gasteiger partial charge in [-0.2, -0.15) is 5.10 Å². The molecule has 6 heteroatoms. The summed E-state index contributed by atoms with van der Waals surface area (Å²) in [6, 6.07) is 19.5. The summed E-state index contributed by atoms with van der Waals surface area (Å²) in [5.74, 6) is -0.576. The molecule has 0 radical (unpaired) electrons. The lowest BCUT2D eigenvalue weighted by atomic mass is 10.1. The van der Waals surface area contributed by atoms with Crippen molar-refractivity contribution in [1.82, 2.24) is 15.1 Å². The van der Waals surface area contributed by atoms with Crippen LogP contribution in [0.4, 0.5) is 5.69 Å². The first kappa shape index (κ1) is 18.4. The molecule has 1 unspecified atom stereocenters. The van der Waals surface area contributed by atoms with Gasteiger partial charge in [0.15, 0.2) is 0 Å². The van der Waals surface area contributed by atoms with Crippen molar-refractivity contribution in [2.24, 2.45) is 0 Å². The average Bonchev–Trinajstić information content (AvgIpc) is 2.98. The number of carbonyl (C=O) groups is 2. The topological polar surface area (TPSA) is 76.0 Å². The SMILES string of the molecule is Cc1cc(C)n(CC(=O)NC(C(=O)Nc2ccccc2)c2ccccc2)n1. The minimum absolute atomic E-state index is 0.0572. The number of anilines is 1. The Labute approximate surface area is 158 Å². The third kappa shape index (κ3) is 4.82. The van der Waals surface area contributed by atoms with Gasteiger partial charge in [0.25, 0.3) is 5.91 Å². The van der Waals surface area contributed by atoms with Crippen LogP contribution in [0.3, 0.4) is 0 Å². The van der Waals surface area contributed by atoms with E-state index in [9.17, 15) is 9.59 Å². The minimum atomic E-state index is -0.795. The Balaban J connectivity index is 1.76. The van der Waals surface area contributed by atoms with Crippen molar-refractivity contribution in [2.45, 2.75) is 26.4 Å². The summed E-state index contributed by atoms with van der Waals surface area (Å²) in [7, 11) is 0. The van der Waals surface area contributed by atoms with E-state index in [1.54, 1.807) is 16.8 Å². The van der Waals surface area contributed by atoms with E-state index in [1.807, 2.05) is 68.4 Å². The lowest BCUT2D eigenvalue weighted by molar-refractivity contribution is -0.127. The Morgan fingerprint density at radius 3 is 2.22 bits per heavy atom. The molecular weight excluding hydrogens is 340 g/mol. The number of nitrogens with zero attached hydrogens (tertiary/aromatic N) is 2. The Morgan fingerprint density at radius 2 is 1.63 bits per heavy atom. The molecule has 1 heterocycles. The van der Waals surface area contributed by atoms with Gasteiger partial charge < -0.3 is 10.6 Å². The first-order valence-corrected chi connectivity index (χ1v) is 8.74. The lowest BCUT2D eigenvalue weighted by Gasteiger charge is -2.19. The molecular formula is C21H22N4O2. The van der Waals surface area contributed by atoms with Gasteiger partial charge >= 0.3 is 0 Å². The first-order valence-electron chi connectivity index (χ1n) is 8.74. The van der Waals surface area contributed by atoms with E-state index in [4.69, 9.17) is 0 Å². The van der Waals surface area contributed by atoms with Crippen molar-refractivity contribution in [3.05, 3.63) is 83.7 Å². The molecule has 0 saturated heterocycles. The van der Waals surface area contributed by atoms with Gasteiger partial charge in [-0.1, -0.05) is 48.5 Å². The Bertz CT molecular complexity index is 920. The van der Waals surface area contributed by atoms with Crippen LogP contribution >= 0.6 is 0 Å². The molecule has 0 saturated carbocycles. The molecule has 6 nitrogen and oxygen atoms in total.